The fourth-order valence-electron chi connectivity index (χ4n) is 3.03. The van der Waals surface area contributed by atoms with Crippen LogP contribution in [-0.4, -0.2) is 30.3 Å². The van der Waals surface area contributed by atoms with Crippen molar-refractivity contribution in [2.24, 2.45) is 5.92 Å². The van der Waals surface area contributed by atoms with Crippen LogP contribution in [0, 0.1) is 12.8 Å². The summed E-state index contributed by atoms with van der Waals surface area (Å²) in [7, 11) is 0. The number of hydrogen-bond donors (Lipinski definition) is 1. The van der Waals surface area contributed by atoms with Gasteiger partial charge >= 0.3 is 0 Å². The second-order valence-electron chi connectivity index (χ2n) is 6.29. The molecule has 5 nitrogen and oxygen atoms in total. The number of pyridine rings is 1. The summed E-state index contributed by atoms with van der Waals surface area (Å²) in [6.45, 7) is 3.60. The molecule has 0 saturated carbocycles. The molecule has 0 spiro atoms. The van der Waals surface area contributed by atoms with Gasteiger partial charge in [-0.25, -0.2) is 4.98 Å². The molecule has 0 atom stereocenters. The summed E-state index contributed by atoms with van der Waals surface area (Å²) in [6.07, 6.45) is 4.13. The number of nitrogens with zero attached hydrogens (tertiary/aromatic N) is 2. The van der Waals surface area contributed by atoms with Crippen LogP contribution in [0.4, 0.5) is 11.4 Å². The number of rotatable bonds is 4. The highest BCUT2D eigenvalue weighted by atomic mass is 79.9. The number of carbonyl (C=O) groups excluding carboxylic acids is 2. The van der Waals surface area contributed by atoms with Crippen molar-refractivity contribution in [2.75, 3.05) is 23.3 Å². The quantitative estimate of drug-likeness (QED) is 0.624. The molecule has 0 aliphatic carbocycles. The highest BCUT2D eigenvalue weighted by molar-refractivity contribution is 9.10. The van der Waals surface area contributed by atoms with Gasteiger partial charge in [-0.1, -0.05) is 0 Å². The number of aldehydes is 1. The Bertz CT molecular complexity index is 769. The number of hydrogen-bond acceptors (Lipinski definition) is 4. The van der Waals surface area contributed by atoms with E-state index < -0.39 is 0 Å². The summed E-state index contributed by atoms with van der Waals surface area (Å²) in [5.41, 5.74) is 3.50. The van der Waals surface area contributed by atoms with Gasteiger partial charge in [-0.3, -0.25) is 9.59 Å². The second kappa shape index (κ2) is 7.78. The molecule has 6 heteroatoms. The van der Waals surface area contributed by atoms with E-state index in [1.165, 1.54) is 0 Å². The van der Waals surface area contributed by atoms with Crippen molar-refractivity contribution in [3.63, 3.8) is 0 Å². The minimum absolute atomic E-state index is 0.00875. The Morgan fingerprint density at radius 1 is 1.28 bits per heavy atom. The molecule has 0 bridgehead atoms. The Balaban J connectivity index is 1.56. The zero-order chi connectivity index (χ0) is 17.8. The summed E-state index contributed by atoms with van der Waals surface area (Å²) in [4.78, 5) is 29.7. The Kier molecular flexibility index (Phi) is 5.48. The van der Waals surface area contributed by atoms with Crippen LogP contribution >= 0.6 is 15.9 Å². The van der Waals surface area contributed by atoms with Crippen molar-refractivity contribution in [2.45, 2.75) is 19.8 Å². The minimum atomic E-state index is 0.00875. The van der Waals surface area contributed by atoms with E-state index in [4.69, 9.17) is 0 Å². The first-order chi connectivity index (χ1) is 12.1. The maximum atomic E-state index is 12.5. The van der Waals surface area contributed by atoms with Crippen molar-refractivity contribution in [3.8, 4) is 0 Å². The molecule has 2 aromatic rings. The molecule has 1 N–H and O–H groups in total. The highest BCUT2D eigenvalue weighted by Gasteiger charge is 2.25. The molecule has 25 heavy (non-hydrogen) atoms. The number of nitrogens with one attached hydrogen (secondary N) is 1. The van der Waals surface area contributed by atoms with Crippen LogP contribution in [0.1, 0.15) is 28.8 Å². The number of benzene rings is 1. The topological polar surface area (TPSA) is 62.3 Å². The van der Waals surface area contributed by atoms with E-state index in [9.17, 15) is 9.59 Å². The Hall–Kier alpha value is -2.21. The van der Waals surface area contributed by atoms with Crippen LogP contribution in [0.3, 0.4) is 0 Å². The van der Waals surface area contributed by atoms with Gasteiger partial charge in [0.25, 0.3) is 0 Å². The molecule has 2 heterocycles. The van der Waals surface area contributed by atoms with Crippen LogP contribution in [-0.2, 0) is 4.79 Å². The zero-order valence-corrected chi connectivity index (χ0v) is 15.6. The first kappa shape index (κ1) is 17.6. The molecule has 1 amide bonds. The van der Waals surface area contributed by atoms with Gasteiger partial charge in [0.2, 0.25) is 5.91 Å². The summed E-state index contributed by atoms with van der Waals surface area (Å²) >= 11 is 3.36. The number of amides is 1. The van der Waals surface area contributed by atoms with Crippen LogP contribution in [0.2, 0.25) is 0 Å². The largest absolute Gasteiger partial charge is 0.371 e. The summed E-state index contributed by atoms with van der Waals surface area (Å²) < 4.78 is 0.791. The van der Waals surface area contributed by atoms with Crippen molar-refractivity contribution in [1.82, 2.24) is 4.98 Å². The van der Waals surface area contributed by atoms with E-state index in [2.05, 4.69) is 31.1 Å². The van der Waals surface area contributed by atoms with Crippen molar-refractivity contribution < 1.29 is 9.59 Å². The number of anilines is 2. The number of piperidine rings is 1. The molecule has 3 rings (SSSR count). The van der Waals surface area contributed by atoms with Crippen molar-refractivity contribution >= 4 is 39.5 Å². The first-order valence-corrected chi connectivity index (χ1v) is 9.09. The van der Waals surface area contributed by atoms with Gasteiger partial charge in [0.15, 0.2) is 0 Å². The molecular formula is C19H20BrN3O2. The molecule has 1 aromatic heterocycles. The normalized spacial score (nSPS) is 15.0. The van der Waals surface area contributed by atoms with Gasteiger partial charge in [-0.05, 0) is 71.6 Å². The lowest BCUT2D eigenvalue weighted by Crippen LogP contribution is -2.38. The lowest BCUT2D eigenvalue weighted by atomic mass is 9.95. The Labute approximate surface area is 155 Å². The fraction of sp³-hybridized carbons (Fsp3) is 0.316. The summed E-state index contributed by atoms with van der Waals surface area (Å²) in [6, 6.07) is 9.48. The van der Waals surface area contributed by atoms with Gasteiger partial charge in [0, 0.05) is 30.3 Å². The van der Waals surface area contributed by atoms with Gasteiger partial charge in [-0.15, -0.1) is 0 Å². The summed E-state index contributed by atoms with van der Waals surface area (Å²) in [5, 5.41) is 2.97. The molecule has 1 fully saturated rings. The zero-order valence-electron chi connectivity index (χ0n) is 14.0. The number of halogens is 1. The molecule has 1 aromatic carbocycles. The number of aromatic nitrogens is 1. The highest BCUT2D eigenvalue weighted by Crippen LogP contribution is 2.25. The molecule has 0 radical (unpaired) electrons. The van der Waals surface area contributed by atoms with Gasteiger partial charge < -0.3 is 10.2 Å². The van der Waals surface area contributed by atoms with Crippen LogP contribution in [0.15, 0.2) is 41.1 Å². The SMILES string of the molecule is Cc1cc(NC(=O)C2CCN(c3ccc(C=O)cc3)CC2)cnc1Br. The third-order valence-electron chi connectivity index (χ3n) is 4.54. The third-order valence-corrected chi connectivity index (χ3v) is 5.37. The van der Waals surface area contributed by atoms with E-state index in [0.29, 0.717) is 5.56 Å². The van der Waals surface area contributed by atoms with Gasteiger partial charge in [-0.2, -0.15) is 0 Å². The number of aryl methyl sites for hydroxylation is 1. The van der Waals surface area contributed by atoms with Crippen LogP contribution < -0.4 is 10.2 Å². The van der Waals surface area contributed by atoms with E-state index >= 15 is 0 Å². The fourth-order valence-corrected chi connectivity index (χ4v) is 3.25. The van der Waals surface area contributed by atoms with Crippen molar-refractivity contribution in [1.29, 1.82) is 0 Å². The van der Waals surface area contributed by atoms with Crippen molar-refractivity contribution in [3.05, 3.63) is 52.3 Å². The van der Waals surface area contributed by atoms with E-state index in [-0.39, 0.29) is 11.8 Å². The Morgan fingerprint density at radius 2 is 1.96 bits per heavy atom. The summed E-state index contributed by atoms with van der Waals surface area (Å²) in [5.74, 6) is 0.0638. The van der Waals surface area contributed by atoms with Crippen LogP contribution in [0.5, 0.6) is 0 Å². The Morgan fingerprint density at radius 3 is 2.56 bits per heavy atom. The van der Waals surface area contributed by atoms with Gasteiger partial charge in [0.1, 0.15) is 10.9 Å². The molecule has 1 saturated heterocycles. The number of carbonyl (C=O) groups is 2. The average Bonchev–Trinajstić information content (AvgIpc) is 2.65. The minimum Gasteiger partial charge on any atom is -0.371 e. The van der Waals surface area contributed by atoms with E-state index in [0.717, 1.165) is 53.8 Å². The standard InChI is InChI=1S/C19H20BrN3O2/c1-13-10-16(11-21-18(13)20)22-19(25)15-6-8-23(9-7-15)17-4-2-14(12-24)3-5-17/h2-5,10-12,15H,6-9H2,1H3,(H,22,25). The maximum absolute atomic E-state index is 12.5. The molecule has 130 valence electrons. The molecule has 0 unspecified atom stereocenters. The maximum Gasteiger partial charge on any atom is 0.227 e. The van der Waals surface area contributed by atoms with Gasteiger partial charge in [0.05, 0.1) is 11.9 Å². The smallest absolute Gasteiger partial charge is 0.227 e. The monoisotopic (exact) mass is 401 g/mol. The lowest BCUT2D eigenvalue weighted by Gasteiger charge is -2.33. The van der Waals surface area contributed by atoms with E-state index in [1.807, 2.05) is 37.3 Å². The molecular weight excluding hydrogens is 382 g/mol. The van der Waals surface area contributed by atoms with Crippen LogP contribution in [0.25, 0.3) is 0 Å². The predicted octanol–water partition coefficient (Wildman–Crippen LogP) is 3.82. The lowest BCUT2D eigenvalue weighted by molar-refractivity contribution is -0.120. The second-order valence-corrected chi connectivity index (χ2v) is 7.04. The molecule has 1 aliphatic heterocycles. The predicted molar refractivity (Wildman–Crippen MR) is 102 cm³/mol. The third kappa shape index (κ3) is 4.25. The first-order valence-electron chi connectivity index (χ1n) is 8.30. The van der Waals surface area contributed by atoms with E-state index in [1.54, 1.807) is 6.20 Å². The molecule has 1 aliphatic rings. The average molecular weight is 402 g/mol.